The molecule has 0 nitrogen and oxygen atoms in total. The predicted molar refractivity (Wildman–Crippen MR) is 136 cm³/mol. The van der Waals surface area contributed by atoms with Crippen LogP contribution in [0.2, 0.25) is 0 Å². The molecule has 2 aliphatic rings. The molecule has 6 aromatic rings. The van der Waals surface area contributed by atoms with Gasteiger partial charge in [0, 0.05) is 0 Å². The average molecular weight is 402 g/mol. The van der Waals surface area contributed by atoms with Gasteiger partial charge in [-0.15, -0.1) is 0 Å². The Morgan fingerprint density at radius 1 is 0.375 bits per heavy atom. The molecular formula is C32H18. The van der Waals surface area contributed by atoms with E-state index in [-0.39, 0.29) is 0 Å². The maximum atomic E-state index is 2.38. The summed E-state index contributed by atoms with van der Waals surface area (Å²) in [5.41, 5.74) is 8.07. The molecule has 0 bridgehead atoms. The number of hydrogen-bond acceptors (Lipinski definition) is 0. The van der Waals surface area contributed by atoms with E-state index in [9.17, 15) is 0 Å². The van der Waals surface area contributed by atoms with Crippen molar-refractivity contribution in [3.05, 3.63) is 119 Å². The Morgan fingerprint density at radius 3 is 2.03 bits per heavy atom. The van der Waals surface area contributed by atoms with E-state index in [1.807, 2.05) is 0 Å². The molecule has 0 heteroatoms. The van der Waals surface area contributed by atoms with Gasteiger partial charge in [0.2, 0.25) is 0 Å². The molecular weight excluding hydrogens is 384 g/mol. The van der Waals surface area contributed by atoms with Crippen LogP contribution in [0, 0.1) is 0 Å². The highest BCUT2D eigenvalue weighted by Gasteiger charge is 2.21. The van der Waals surface area contributed by atoms with E-state index in [4.69, 9.17) is 0 Å². The third-order valence-electron chi connectivity index (χ3n) is 7.32. The fraction of sp³-hybridized carbons (Fsp3) is 0. The van der Waals surface area contributed by atoms with E-state index in [1.165, 1.54) is 76.1 Å². The van der Waals surface area contributed by atoms with Crippen molar-refractivity contribution >= 4 is 44.5 Å². The van der Waals surface area contributed by atoms with Gasteiger partial charge >= 0.3 is 0 Å². The summed E-state index contributed by atoms with van der Waals surface area (Å²) in [6.45, 7) is 0. The third kappa shape index (κ3) is 2.02. The molecule has 0 heterocycles. The summed E-state index contributed by atoms with van der Waals surface area (Å²) >= 11 is 0. The van der Waals surface area contributed by atoms with Crippen molar-refractivity contribution in [3.8, 4) is 22.3 Å². The maximum absolute atomic E-state index is 2.38. The first kappa shape index (κ1) is 16.5. The molecule has 0 saturated heterocycles. The summed E-state index contributed by atoms with van der Waals surface area (Å²) < 4.78 is 0. The quantitative estimate of drug-likeness (QED) is 0.194. The number of hydrogen-bond donors (Lipinski definition) is 0. The molecule has 0 saturated carbocycles. The molecule has 0 amide bonds. The lowest BCUT2D eigenvalue weighted by atomic mass is 9.92. The van der Waals surface area contributed by atoms with Crippen LogP contribution in [0.3, 0.4) is 0 Å². The minimum Gasteiger partial charge on any atom is -0.0616 e. The van der Waals surface area contributed by atoms with Gasteiger partial charge in [-0.2, -0.15) is 0 Å². The van der Waals surface area contributed by atoms with Gasteiger partial charge in [0.25, 0.3) is 0 Å². The van der Waals surface area contributed by atoms with Gasteiger partial charge in [-0.05, 0) is 100 Å². The van der Waals surface area contributed by atoms with Gasteiger partial charge in [-0.25, -0.2) is 0 Å². The molecule has 0 aromatic heterocycles. The Labute approximate surface area is 185 Å². The summed E-state index contributed by atoms with van der Waals surface area (Å²) in [6, 6.07) is 35.9. The summed E-state index contributed by atoms with van der Waals surface area (Å²) in [7, 11) is 0. The summed E-state index contributed by atoms with van der Waals surface area (Å²) in [5, 5.41) is 10.6. The first-order chi connectivity index (χ1) is 15.8. The van der Waals surface area contributed by atoms with Crippen LogP contribution in [-0.4, -0.2) is 0 Å². The smallest absolute Gasteiger partial charge is 0.00261 e. The molecule has 32 heavy (non-hydrogen) atoms. The fourth-order valence-corrected chi connectivity index (χ4v) is 5.85. The lowest BCUT2D eigenvalue weighted by Crippen LogP contribution is -2.25. The first-order valence-corrected chi connectivity index (χ1v) is 11.2. The summed E-state index contributed by atoms with van der Waals surface area (Å²) in [6.07, 6.45) is 4.74. The third-order valence-corrected chi connectivity index (χ3v) is 7.32. The van der Waals surface area contributed by atoms with Crippen LogP contribution >= 0.6 is 0 Å². The minimum absolute atomic E-state index is 1.30. The van der Waals surface area contributed by atoms with Crippen molar-refractivity contribution in [1.29, 1.82) is 0 Å². The van der Waals surface area contributed by atoms with Gasteiger partial charge in [-0.1, -0.05) is 84.9 Å². The van der Waals surface area contributed by atoms with Gasteiger partial charge in [0.15, 0.2) is 0 Å². The Kier molecular flexibility index (Phi) is 2.97. The van der Waals surface area contributed by atoms with Crippen LogP contribution in [0.25, 0.3) is 66.7 Å². The Balaban J connectivity index is 1.45. The van der Waals surface area contributed by atoms with Crippen molar-refractivity contribution in [2.24, 2.45) is 0 Å². The molecule has 0 atom stereocenters. The lowest BCUT2D eigenvalue weighted by Gasteiger charge is -2.11. The van der Waals surface area contributed by atoms with Gasteiger partial charge in [0.05, 0.1) is 0 Å². The van der Waals surface area contributed by atoms with Crippen molar-refractivity contribution < 1.29 is 0 Å². The van der Waals surface area contributed by atoms with Crippen molar-refractivity contribution in [2.75, 3.05) is 0 Å². The van der Waals surface area contributed by atoms with Gasteiger partial charge in [0.1, 0.15) is 0 Å². The van der Waals surface area contributed by atoms with Crippen LogP contribution in [0.1, 0.15) is 11.1 Å². The Hall–Kier alpha value is -4.16. The second-order valence-corrected chi connectivity index (χ2v) is 8.97. The highest BCUT2D eigenvalue weighted by atomic mass is 14.2. The highest BCUT2D eigenvalue weighted by molar-refractivity contribution is 6.17. The lowest BCUT2D eigenvalue weighted by molar-refractivity contribution is 1.55. The monoisotopic (exact) mass is 402 g/mol. The number of benzene rings is 6. The van der Waals surface area contributed by atoms with Crippen molar-refractivity contribution in [1.82, 2.24) is 0 Å². The summed E-state index contributed by atoms with van der Waals surface area (Å²) in [5.74, 6) is 0. The molecule has 0 spiro atoms. The molecule has 0 N–H and O–H groups in total. The van der Waals surface area contributed by atoms with E-state index < -0.39 is 0 Å². The number of rotatable bonds is 0. The largest absolute Gasteiger partial charge is 0.0616 e. The molecule has 8 rings (SSSR count). The van der Waals surface area contributed by atoms with E-state index >= 15 is 0 Å². The SMILES string of the molecule is C1=c2c(ccc3c2=Cc2ccc4c(ccc5cc6ccccc6cc54)c2-3)-c2ccccc21. The Morgan fingerprint density at radius 2 is 1.09 bits per heavy atom. The average Bonchev–Trinajstić information content (AvgIpc) is 3.41. The van der Waals surface area contributed by atoms with E-state index in [2.05, 4.69) is 109 Å². The van der Waals surface area contributed by atoms with Crippen LogP contribution in [0.5, 0.6) is 0 Å². The van der Waals surface area contributed by atoms with Gasteiger partial charge in [-0.3, -0.25) is 0 Å². The van der Waals surface area contributed by atoms with Crippen molar-refractivity contribution in [2.45, 2.75) is 0 Å². The highest BCUT2D eigenvalue weighted by Crippen LogP contribution is 2.39. The van der Waals surface area contributed by atoms with E-state index in [1.54, 1.807) is 0 Å². The zero-order valence-corrected chi connectivity index (χ0v) is 17.4. The number of fused-ring (bicyclic) bond motifs is 12. The van der Waals surface area contributed by atoms with Crippen LogP contribution < -0.4 is 10.4 Å². The minimum atomic E-state index is 1.30. The maximum Gasteiger partial charge on any atom is -0.00261 e. The predicted octanol–water partition coefficient (Wildman–Crippen LogP) is 6.76. The zero-order chi connectivity index (χ0) is 20.8. The first-order valence-electron chi connectivity index (χ1n) is 11.2. The van der Waals surface area contributed by atoms with Crippen molar-refractivity contribution in [3.63, 3.8) is 0 Å². The topological polar surface area (TPSA) is 0 Å². The summed E-state index contributed by atoms with van der Waals surface area (Å²) in [4.78, 5) is 0. The molecule has 146 valence electrons. The molecule has 0 fully saturated rings. The molecule has 0 radical (unpaired) electrons. The van der Waals surface area contributed by atoms with E-state index in [0.717, 1.165) is 0 Å². The molecule has 0 unspecified atom stereocenters. The van der Waals surface area contributed by atoms with Crippen LogP contribution in [-0.2, 0) is 0 Å². The molecule has 2 aliphatic carbocycles. The second-order valence-electron chi connectivity index (χ2n) is 8.97. The Bertz CT molecular complexity index is 1920. The fourth-order valence-electron chi connectivity index (χ4n) is 5.85. The molecule has 0 aliphatic heterocycles. The standard InChI is InChI=1S/C32H18/c1-2-6-20-16-29-22(15-19(20)5-1)9-12-27-26(29)11-10-23-18-31-28(32(23)27)14-13-25-24-8-4-3-7-21(24)17-30(25)31/h1-18H. The zero-order valence-electron chi connectivity index (χ0n) is 17.4. The van der Waals surface area contributed by atoms with Crippen LogP contribution in [0.4, 0.5) is 0 Å². The molecule has 6 aromatic carbocycles. The second kappa shape index (κ2) is 5.75. The van der Waals surface area contributed by atoms with Gasteiger partial charge < -0.3 is 0 Å². The van der Waals surface area contributed by atoms with E-state index in [0.29, 0.717) is 0 Å². The normalized spacial score (nSPS) is 12.9. The van der Waals surface area contributed by atoms with Crippen LogP contribution in [0.15, 0.2) is 97.1 Å².